The largest absolute Gasteiger partial charge is 0.332 e. The Morgan fingerprint density at radius 2 is 1.55 bits per heavy atom. The molecule has 29 heavy (non-hydrogen) atoms. The summed E-state index contributed by atoms with van der Waals surface area (Å²) >= 11 is 0. The minimum absolute atomic E-state index is 0.155. The van der Waals surface area contributed by atoms with Crippen LogP contribution in [0.1, 0.15) is 16.9 Å². The quantitative estimate of drug-likeness (QED) is 0.599. The second-order valence-electron chi connectivity index (χ2n) is 7.12. The molecule has 0 atom stereocenters. The van der Waals surface area contributed by atoms with Crippen LogP contribution in [0, 0.1) is 0 Å². The third kappa shape index (κ3) is 2.61. The summed E-state index contributed by atoms with van der Waals surface area (Å²) in [5.74, 6) is 0.992. The molecule has 0 radical (unpaired) electrons. The van der Waals surface area contributed by atoms with Gasteiger partial charge < -0.3 is 14.0 Å². The summed E-state index contributed by atoms with van der Waals surface area (Å²) in [6.45, 7) is 4.94. The molecule has 0 unspecified atom stereocenters. The van der Waals surface area contributed by atoms with Gasteiger partial charge in [0.1, 0.15) is 5.82 Å². The average Bonchev–Trinajstić information content (AvgIpc) is 3.32. The molecular formula is C18H22N8O3. The highest BCUT2D eigenvalue weighted by atomic mass is 16.2. The second kappa shape index (κ2) is 6.47. The van der Waals surface area contributed by atoms with Gasteiger partial charge in [-0.1, -0.05) is 6.58 Å². The molecule has 152 valence electrons. The Morgan fingerprint density at radius 3 is 2.28 bits per heavy atom. The van der Waals surface area contributed by atoms with Crippen molar-refractivity contribution in [2.24, 2.45) is 14.1 Å². The van der Waals surface area contributed by atoms with E-state index >= 15 is 0 Å². The number of hydrogen-bond acceptors (Lipinski definition) is 6. The van der Waals surface area contributed by atoms with Crippen molar-refractivity contribution in [3.8, 4) is 0 Å². The monoisotopic (exact) mass is 398 g/mol. The van der Waals surface area contributed by atoms with Gasteiger partial charge in [0.25, 0.3) is 11.5 Å². The van der Waals surface area contributed by atoms with Crippen LogP contribution in [0.25, 0.3) is 11.2 Å². The van der Waals surface area contributed by atoms with E-state index in [1.807, 2.05) is 11.6 Å². The van der Waals surface area contributed by atoms with Crippen LogP contribution in [-0.4, -0.2) is 53.1 Å². The topological polar surface area (TPSA) is 103 Å². The van der Waals surface area contributed by atoms with Gasteiger partial charge in [0, 0.05) is 41.3 Å². The van der Waals surface area contributed by atoms with E-state index in [1.54, 1.807) is 36.2 Å². The first-order valence-electron chi connectivity index (χ1n) is 9.10. The van der Waals surface area contributed by atoms with Crippen molar-refractivity contribution >= 4 is 22.9 Å². The maximum Gasteiger partial charge on any atom is 0.332 e. The van der Waals surface area contributed by atoms with E-state index < -0.39 is 5.69 Å². The number of aromatic nitrogens is 6. The molecule has 1 aliphatic rings. The molecule has 4 rings (SSSR count). The molecule has 0 aromatic carbocycles. The molecule has 11 heteroatoms. The van der Waals surface area contributed by atoms with Crippen LogP contribution in [0.2, 0.25) is 0 Å². The number of carbonyl (C=O) groups excluding carboxylic acids is 1. The SMILES string of the molecule is C=C1N(C)C(=O)c2c(ncn2CCCn2cnc3c2c(=O)n(C)c(=O)n3C)N1C. The van der Waals surface area contributed by atoms with E-state index in [1.165, 1.54) is 16.5 Å². The summed E-state index contributed by atoms with van der Waals surface area (Å²) in [6.07, 6.45) is 3.84. The lowest BCUT2D eigenvalue weighted by Crippen LogP contribution is -2.41. The Labute approximate surface area is 165 Å². The Kier molecular flexibility index (Phi) is 4.17. The van der Waals surface area contributed by atoms with Crippen molar-refractivity contribution in [2.45, 2.75) is 19.5 Å². The van der Waals surface area contributed by atoms with E-state index in [0.29, 0.717) is 48.0 Å². The lowest BCUT2D eigenvalue weighted by Gasteiger charge is -2.33. The molecule has 0 N–H and O–H groups in total. The van der Waals surface area contributed by atoms with E-state index in [4.69, 9.17) is 0 Å². The minimum atomic E-state index is -0.411. The van der Waals surface area contributed by atoms with Gasteiger partial charge in [0.05, 0.1) is 12.7 Å². The number of aryl methyl sites for hydroxylation is 3. The zero-order valence-corrected chi connectivity index (χ0v) is 16.8. The fourth-order valence-electron chi connectivity index (χ4n) is 3.61. The van der Waals surface area contributed by atoms with Crippen LogP contribution in [0.5, 0.6) is 0 Å². The first-order chi connectivity index (χ1) is 13.7. The van der Waals surface area contributed by atoms with Crippen molar-refractivity contribution in [1.82, 2.24) is 33.1 Å². The molecular weight excluding hydrogens is 376 g/mol. The molecule has 0 aliphatic carbocycles. The van der Waals surface area contributed by atoms with Gasteiger partial charge in [-0.2, -0.15) is 0 Å². The van der Waals surface area contributed by atoms with Gasteiger partial charge in [-0.05, 0) is 6.42 Å². The van der Waals surface area contributed by atoms with Crippen LogP contribution in [-0.2, 0) is 27.2 Å². The summed E-state index contributed by atoms with van der Waals surface area (Å²) < 4.78 is 5.98. The fourth-order valence-corrected chi connectivity index (χ4v) is 3.61. The zero-order chi connectivity index (χ0) is 21.0. The fraction of sp³-hybridized carbons (Fsp3) is 0.389. The van der Waals surface area contributed by atoms with Gasteiger partial charge in [0.15, 0.2) is 22.7 Å². The molecule has 11 nitrogen and oxygen atoms in total. The molecule has 4 heterocycles. The number of fused-ring (bicyclic) bond motifs is 2. The third-order valence-corrected chi connectivity index (χ3v) is 5.43. The van der Waals surface area contributed by atoms with Gasteiger partial charge >= 0.3 is 5.69 Å². The molecule has 0 saturated heterocycles. The van der Waals surface area contributed by atoms with Crippen molar-refractivity contribution in [3.63, 3.8) is 0 Å². The predicted molar refractivity (Wildman–Crippen MR) is 107 cm³/mol. The molecule has 1 aliphatic heterocycles. The van der Waals surface area contributed by atoms with Gasteiger partial charge in [-0.15, -0.1) is 0 Å². The minimum Gasteiger partial charge on any atom is -0.325 e. The summed E-state index contributed by atoms with van der Waals surface area (Å²) in [7, 11) is 6.54. The lowest BCUT2D eigenvalue weighted by atomic mass is 10.2. The number of rotatable bonds is 4. The molecule has 0 bridgehead atoms. The highest BCUT2D eigenvalue weighted by Crippen LogP contribution is 2.29. The molecule has 0 saturated carbocycles. The smallest absolute Gasteiger partial charge is 0.325 e. The van der Waals surface area contributed by atoms with Crippen molar-refractivity contribution < 1.29 is 4.79 Å². The maximum absolute atomic E-state index is 12.7. The van der Waals surface area contributed by atoms with Crippen LogP contribution in [0.4, 0.5) is 5.82 Å². The maximum atomic E-state index is 12.7. The van der Waals surface area contributed by atoms with Gasteiger partial charge in [-0.3, -0.25) is 23.6 Å². The number of carbonyl (C=O) groups is 1. The first-order valence-corrected chi connectivity index (χ1v) is 9.10. The lowest BCUT2D eigenvalue weighted by molar-refractivity contribution is 0.0815. The standard InChI is InChI=1S/C18H22N8O3/c1-11-21(2)14-12(16(27)22(11)3)25(9-19-14)7-6-8-26-10-20-15-13(26)17(28)24(5)18(29)23(15)4/h9-10H,1,6-8H2,2-5H3. The van der Waals surface area contributed by atoms with E-state index in [0.717, 1.165) is 4.57 Å². The highest BCUT2D eigenvalue weighted by Gasteiger charge is 2.32. The second-order valence-corrected chi connectivity index (χ2v) is 7.12. The normalized spacial score (nSPS) is 14.2. The third-order valence-electron chi connectivity index (χ3n) is 5.43. The Hall–Kier alpha value is -3.63. The summed E-state index contributed by atoms with van der Waals surface area (Å²) in [5.41, 5.74) is 0.462. The van der Waals surface area contributed by atoms with E-state index in [9.17, 15) is 14.4 Å². The van der Waals surface area contributed by atoms with Crippen molar-refractivity contribution in [1.29, 1.82) is 0 Å². The van der Waals surface area contributed by atoms with Crippen molar-refractivity contribution in [3.05, 3.63) is 51.6 Å². The van der Waals surface area contributed by atoms with Crippen LogP contribution in [0.3, 0.4) is 0 Å². The Bertz CT molecular complexity index is 1270. The number of nitrogens with zero attached hydrogens (tertiary/aromatic N) is 8. The highest BCUT2D eigenvalue weighted by molar-refractivity contribution is 6.01. The Balaban J connectivity index is 1.60. The van der Waals surface area contributed by atoms with Crippen LogP contribution >= 0.6 is 0 Å². The number of anilines is 1. The first kappa shape index (κ1) is 18.7. The average molecular weight is 398 g/mol. The van der Waals surface area contributed by atoms with E-state index in [2.05, 4.69) is 16.5 Å². The molecule has 0 fully saturated rings. The number of imidazole rings is 2. The van der Waals surface area contributed by atoms with Gasteiger partial charge in [0.2, 0.25) is 0 Å². The molecule has 1 amide bonds. The summed E-state index contributed by atoms with van der Waals surface area (Å²) in [5, 5.41) is 0. The number of amides is 1. The Morgan fingerprint density at radius 1 is 0.897 bits per heavy atom. The zero-order valence-electron chi connectivity index (χ0n) is 16.8. The predicted octanol–water partition coefficient (Wildman–Crippen LogP) is -0.286. The summed E-state index contributed by atoms with van der Waals surface area (Å²) in [6, 6.07) is 0. The van der Waals surface area contributed by atoms with Crippen molar-refractivity contribution in [2.75, 3.05) is 19.0 Å². The number of hydrogen-bond donors (Lipinski definition) is 0. The van der Waals surface area contributed by atoms with Crippen LogP contribution in [0.15, 0.2) is 34.6 Å². The molecule has 3 aromatic heterocycles. The van der Waals surface area contributed by atoms with Crippen LogP contribution < -0.4 is 16.1 Å². The molecule has 3 aromatic rings. The molecule has 0 spiro atoms. The van der Waals surface area contributed by atoms with E-state index in [-0.39, 0.29) is 11.5 Å². The summed E-state index contributed by atoms with van der Waals surface area (Å²) in [4.78, 5) is 49.1. The van der Waals surface area contributed by atoms with Gasteiger partial charge in [-0.25, -0.2) is 14.8 Å².